The van der Waals surface area contributed by atoms with Gasteiger partial charge in [-0.05, 0) is 35.9 Å². The molecule has 0 saturated heterocycles. The standard InChI is InChI=1S/C20H18Cl2N2O5/c1-27-17-6-5-15-12(19(17)29-10-18(23)25)8-16(20(26)28-2)24(15)9-11-3-4-13(21)14(22)7-11/h3-8H,9-10H2,1-2H3,(H2,23,25). The van der Waals surface area contributed by atoms with Gasteiger partial charge in [-0.3, -0.25) is 4.79 Å². The predicted molar refractivity (Wildman–Crippen MR) is 110 cm³/mol. The van der Waals surface area contributed by atoms with Crippen LogP contribution in [0.3, 0.4) is 0 Å². The number of aromatic nitrogens is 1. The van der Waals surface area contributed by atoms with E-state index in [0.29, 0.717) is 44.7 Å². The zero-order valence-electron chi connectivity index (χ0n) is 15.7. The Labute approximate surface area is 176 Å². The number of nitrogens with zero attached hydrogens (tertiary/aromatic N) is 1. The molecule has 0 aliphatic carbocycles. The van der Waals surface area contributed by atoms with Crippen molar-refractivity contribution < 1.29 is 23.8 Å². The van der Waals surface area contributed by atoms with E-state index in [2.05, 4.69) is 0 Å². The molecule has 0 aliphatic rings. The molecule has 0 unspecified atom stereocenters. The second kappa shape index (κ2) is 8.63. The van der Waals surface area contributed by atoms with Crippen LogP contribution in [0.1, 0.15) is 16.1 Å². The summed E-state index contributed by atoms with van der Waals surface area (Å²) in [5.41, 5.74) is 7.01. The summed E-state index contributed by atoms with van der Waals surface area (Å²) in [7, 11) is 2.78. The SMILES string of the molecule is COC(=O)c1cc2c(OCC(N)=O)c(OC)ccc2n1Cc1ccc(Cl)c(Cl)c1. The number of esters is 1. The Balaban J connectivity index is 2.18. The van der Waals surface area contributed by atoms with Crippen molar-refractivity contribution >= 4 is 46.0 Å². The Morgan fingerprint density at radius 3 is 2.45 bits per heavy atom. The fourth-order valence-electron chi connectivity index (χ4n) is 3.01. The number of methoxy groups -OCH3 is 2. The van der Waals surface area contributed by atoms with Crippen molar-refractivity contribution in [1.29, 1.82) is 0 Å². The highest BCUT2D eigenvalue weighted by Gasteiger charge is 2.21. The summed E-state index contributed by atoms with van der Waals surface area (Å²) in [5, 5.41) is 1.42. The van der Waals surface area contributed by atoms with Gasteiger partial charge in [0.05, 0.1) is 29.8 Å². The average molecular weight is 437 g/mol. The molecule has 29 heavy (non-hydrogen) atoms. The molecule has 9 heteroatoms. The predicted octanol–water partition coefficient (Wildman–Crippen LogP) is 3.66. The molecule has 0 atom stereocenters. The minimum Gasteiger partial charge on any atom is -0.493 e. The van der Waals surface area contributed by atoms with E-state index in [1.165, 1.54) is 14.2 Å². The van der Waals surface area contributed by atoms with Crippen molar-refractivity contribution in [2.75, 3.05) is 20.8 Å². The number of hydrogen-bond acceptors (Lipinski definition) is 5. The largest absolute Gasteiger partial charge is 0.493 e. The van der Waals surface area contributed by atoms with Gasteiger partial charge in [0, 0.05) is 11.9 Å². The summed E-state index contributed by atoms with van der Waals surface area (Å²) < 4.78 is 17.6. The zero-order chi connectivity index (χ0) is 21.1. The van der Waals surface area contributed by atoms with Gasteiger partial charge in [0.1, 0.15) is 5.69 Å². The Kier molecular flexibility index (Phi) is 6.20. The van der Waals surface area contributed by atoms with E-state index in [4.69, 9.17) is 43.1 Å². The number of primary amides is 1. The van der Waals surface area contributed by atoms with E-state index in [1.807, 2.05) is 6.07 Å². The van der Waals surface area contributed by atoms with E-state index >= 15 is 0 Å². The van der Waals surface area contributed by atoms with E-state index in [9.17, 15) is 9.59 Å². The van der Waals surface area contributed by atoms with Crippen LogP contribution in [-0.2, 0) is 16.1 Å². The Bertz CT molecular complexity index is 1090. The first kappa shape index (κ1) is 20.8. The smallest absolute Gasteiger partial charge is 0.354 e. The highest BCUT2D eigenvalue weighted by molar-refractivity contribution is 6.42. The minimum absolute atomic E-state index is 0.297. The lowest BCUT2D eigenvalue weighted by atomic mass is 10.2. The number of halogens is 2. The first-order valence-corrected chi connectivity index (χ1v) is 9.24. The lowest BCUT2D eigenvalue weighted by molar-refractivity contribution is -0.119. The summed E-state index contributed by atoms with van der Waals surface area (Å²) in [6.07, 6.45) is 0. The summed E-state index contributed by atoms with van der Waals surface area (Å²) >= 11 is 12.1. The molecule has 0 radical (unpaired) electrons. The van der Waals surface area contributed by atoms with Crippen molar-refractivity contribution in [3.8, 4) is 11.5 Å². The van der Waals surface area contributed by atoms with Gasteiger partial charge >= 0.3 is 5.97 Å². The van der Waals surface area contributed by atoms with Crippen LogP contribution in [0.4, 0.5) is 0 Å². The maximum Gasteiger partial charge on any atom is 0.354 e. The quantitative estimate of drug-likeness (QED) is 0.570. The third kappa shape index (κ3) is 4.26. The lowest BCUT2D eigenvalue weighted by Gasteiger charge is -2.13. The van der Waals surface area contributed by atoms with E-state index < -0.39 is 11.9 Å². The molecule has 1 amide bonds. The first-order chi connectivity index (χ1) is 13.8. The Hall–Kier alpha value is -2.90. The molecule has 0 fully saturated rings. The van der Waals surface area contributed by atoms with E-state index in [-0.39, 0.29) is 6.61 Å². The fraction of sp³-hybridized carbons (Fsp3) is 0.200. The van der Waals surface area contributed by atoms with Crippen molar-refractivity contribution in [3.63, 3.8) is 0 Å². The van der Waals surface area contributed by atoms with Gasteiger partial charge in [-0.1, -0.05) is 29.3 Å². The van der Waals surface area contributed by atoms with Gasteiger partial charge in [0.25, 0.3) is 5.91 Å². The third-order valence-electron chi connectivity index (χ3n) is 4.30. The molecule has 3 rings (SSSR count). The highest BCUT2D eigenvalue weighted by atomic mass is 35.5. The average Bonchev–Trinajstić information content (AvgIpc) is 3.06. The molecule has 0 aliphatic heterocycles. The van der Waals surface area contributed by atoms with Crippen LogP contribution in [0.2, 0.25) is 10.0 Å². The van der Waals surface area contributed by atoms with Crippen LogP contribution in [0.5, 0.6) is 11.5 Å². The summed E-state index contributed by atoms with van der Waals surface area (Å²) in [4.78, 5) is 23.6. The second-order valence-corrected chi connectivity index (χ2v) is 6.95. The molecule has 7 nitrogen and oxygen atoms in total. The van der Waals surface area contributed by atoms with Gasteiger partial charge in [-0.15, -0.1) is 0 Å². The summed E-state index contributed by atoms with van der Waals surface area (Å²) in [5.74, 6) is -0.447. The van der Waals surface area contributed by atoms with Gasteiger partial charge in [0.2, 0.25) is 0 Å². The number of ether oxygens (including phenoxy) is 3. The number of nitrogens with two attached hydrogens (primary N) is 1. The number of carbonyl (C=O) groups is 2. The molecule has 0 saturated carbocycles. The van der Waals surface area contributed by atoms with Crippen LogP contribution in [-0.4, -0.2) is 37.3 Å². The van der Waals surface area contributed by atoms with Crippen LogP contribution >= 0.6 is 23.2 Å². The zero-order valence-corrected chi connectivity index (χ0v) is 17.2. The number of benzene rings is 2. The molecule has 2 aromatic carbocycles. The van der Waals surface area contributed by atoms with Crippen molar-refractivity contribution in [2.45, 2.75) is 6.54 Å². The van der Waals surface area contributed by atoms with Crippen molar-refractivity contribution in [1.82, 2.24) is 4.57 Å². The summed E-state index contributed by atoms with van der Waals surface area (Å²) in [6, 6.07) is 10.3. The van der Waals surface area contributed by atoms with Gasteiger partial charge in [-0.2, -0.15) is 0 Å². The van der Waals surface area contributed by atoms with Crippen molar-refractivity contribution in [3.05, 3.63) is 57.7 Å². The van der Waals surface area contributed by atoms with Crippen LogP contribution in [0.25, 0.3) is 10.9 Å². The molecular formula is C20H18Cl2N2O5. The number of fused-ring (bicyclic) bond motifs is 1. The second-order valence-electron chi connectivity index (χ2n) is 6.14. The van der Waals surface area contributed by atoms with Gasteiger partial charge in [0.15, 0.2) is 18.1 Å². The lowest BCUT2D eigenvalue weighted by Crippen LogP contribution is -2.20. The van der Waals surface area contributed by atoms with Crippen molar-refractivity contribution in [2.24, 2.45) is 5.73 Å². The van der Waals surface area contributed by atoms with Crippen LogP contribution < -0.4 is 15.2 Å². The minimum atomic E-state index is -0.632. The Morgan fingerprint density at radius 2 is 1.83 bits per heavy atom. The molecule has 0 bridgehead atoms. The third-order valence-corrected chi connectivity index (χ3v) is 5.04. The molecule has 1 heterocycles. The maximum atomic E-state index is 12.4. The molecule has 3 aromatic rings. The number of hydrogen-bond donors (Lipinski definition) is 1. The highest BCUT2D eigenvalue weighted by Crippen LogP contribution is 2.38. The fourth-order valence-corrected chi connectivity index (χ4v) is 3.33. The topological polar surface area (TPSA) is 92.8 Å². The van der Waals surface area contributed by atoms with Gasteiger partial charge < -0.3 is 24.5 Å². The monoisotopic (exact) mass is 436 g/mol. The van der Waals surface area contributed by atoms with Crippen LogP contribution in [0, 0.1) is 0 Å². The normalized spacial score (nSPS) is 10.8. The Morgan fingerprint density at radius 1 is 1.07 bits per heavy atom. The van der Waals surface area contributed by atoms with E-state index in [0.717, 1.165) is 5.56 Å². The number of rotatable bonds is 7. The number of carbonyl (C=O) groups excluding carboxylic acids is 2. The maximum absolute atomic E-state index is 12.4. The number of amides is 1. The molecule has 152 valence electrons. The first-order valence-electron chi connectivity index (χ1n) is 8.49. The summed E-state index contributed by atoms with van der Waals surface area (Å²) in [6.45, 7) is -0.00653. The van der Waals surface area contributed by atoms with Crippen LogP contribution in [0.15, 0.2) is 36.4 Å². The molecule has 2 N–H and O–H groups in total. The van der Waals surface area contributed by atoms with Gasteiger partial charge in [-0.25, -0.2) is 4.79 Å². The van der Waals surface area contributed by atoms with E-state index in [1.54, 1.807) is 34.9 Å². The molecular weight excluding hydrogens is 419 g/mol. The molecule has 0 spiro atoms. The molecule has 1 aromatic heterocycles.